The maximum Gasteiger partial charge on any atom is 0.283 e. The molecule has 0 aliphatic heterocycles. The molecule has 0 spiro atoms. The Balaban J connectivity index is 1.58. The van der Waals surface area contributed by atoms with Crippen LogP contribution in [0, 0.1) is 6.92 Å². The number of nitrogens with one attached hydrogen (secondary N) is 1. The van der Waals surface area contributed by atoms with Gasteiger partial charge >= 0.3 is 0 Å². The molecule has 3 aromatic heterocycles. The van der Waals surface area contributed by atoms with Gasteiger partial charge in [0.15, 0.2) is 5.76 Å². The Morgan fingerprint density at radius 2 is 2.18 bits per heavy atom. The molecular formula is C15H19N5O2. The molecule has 7 heteroatoms. The predicted octanol–water partition coefficient (Wildman–Crippen LogP) is 2.57. The van der Waals surface area contributed by atoms with E-state index in [2.05, 4.69) is 34.5 Å². The summed E-state index contributed by atoms with van der Waals surface area (Å²) in [6.07, 6.45) is 5.47. The van der Waals surface area contributed by atoms with Crippen molar-refractivity contribution in [1.29, 1.82) is 0 Å². The van der Waals surface area contributed by atoms with Crippen molar-refractivity contribution in [1.82, 2.24) is 25.3 Å². The van der Waals surface area contributed by atoms with Gasteiger partial charge in [-0.3, -0.25) is 4.68 Å². The zero-order chi connectivity index (χ0) is 15.5. The van der Waals surface area contributed by atoms with Crippen LogP contribution in [0.2, 0.25) is 0 Å². The molecule has 22 heavy (non-hydrogen) atoms. The van der Waals surface area contributed by atoms with Crippen molar-refractivity contribution in [3.05, 3.63) is 42.2 Å². The number of aromatic nitrogens is 4. The van der Waals surface area contributed by atoms with Crippen LogP contribution in [0.4, 0.5) is 0 Å². The van der Waals surface area contributed by atoms with Crippen LogP contribution in [0.15, 0.2) is 39.6 Å². The molecule has 0 saturated heterocycles. The van der Waals surface area contributed by atoms with Crippen molar-refractivity contribution in [3.8, 4) is 11.7 Å². The van der Waals surface area contributed by atoms with Crippen LogP contribution < -0.4 is 5.32 Å². The van der Waals surface area contributed by atoms with E-state index in [9.17, 15) is 0 Å². The van der Waals surface area contributed by atoms with Crippen LogP contribution >= 0.6 is 0 Å². The van der Waals surface area contributed by atoms with Gasteiger partial charge in [-0.1, -0.05) is 0 Å². The van der Waals surface area contributed by atoms with Gasteiger partial charge < -0.3 is 14.2 Å². The summed E-state index contributed by atoms with van der Waals surface area (Å²) in [6, 6.07) is 4.00. The van der Waals surface area contributed by atoms with Gasteiger partial charge in [0.25, 0.3) is 5.89 Å². The van der Waals surface area contributed by atoms with E-state index in [-0.39, 0.29) is 12.1 Å². The first-order valence-corrected chi connectivity index (χ1v) is 7.24. The first kappa shape index (κ1) is 14.5. The third-order valence-corrected chi connectivity index (χ3v) is 3.65. The van der Waals surface area contributed by atoms with Crippen molar-refractivity contribution in [2.24, 2.45) is 0 Å². The highest BCUT2D eigenvalue weighted by molar-refractivity contribution is 5.42. The summed E-state index contributed by atoms with van der Waals surface area (Å²) in [7, 11) is 0. The molecule has 116 valence electrons. The maximum atomic E-state index is 5.57. The van der Waals surface area contributed by atoms with E-state index in [1.807, 2.05) is 24.0 Å². The number of hydrogen-bond acceptors (Lipinski definition) is 6. The Bertz CT molecular complexity index is 716. The van der Waals surface area contributed by atoms with E-state index in [0.29, 0.717) is 24.1 Å². The van der Waals surface area contributed by atoms with Gasteiger partial charge in [0, 0.05) is 12.2 Å². The Kier molecular flexibility index (Phi) is 4.06. The molecule has 0 bridgehead atoms. The first-order chi connectivity index (χ1) is 10.6. The number of hydrogen-bond donors (Lipinski definition) is 1. The van der Waals surface area contributed by atoms with Gasteiger partial charge in [0.2, 0.25) is 5.89 Å². The molecule has 3 rings (SSSR count). The smallest absolute Gasteiger partial charge is 0.283 e. The highest BCUT2D eigenvalue weighted by Gasteiger charge is 2.16. The van der Waals surface area contributed by atoms with Crippen molar-refractivity contribution in [2.75, 3.05) is 0 Å². The van der Waals surface area contributed by atoms with E-state index in [1.54, 1.807) is 18.4 Å². The summed E-state index contributed by atoms with van der Waals surface area (Å²) >= 11 is 0. The fourth-order valence-corrected chi connectivity index (χ4v) is 2.13. The quantitative estimate of drug-likeness (QED) is 0.753. The lowest BCUT2D eigenvalue weighted by Crippen LogP contribution is -2.33. The van der Waals surface area contributed by atoms with E-state index >= 15 is 0 Å². The number of nitrogens with zero attached hydrogens (tertiary/aromatic N) is 4. The Labute approximate surface area is 128 Å². The topological polar surface area (TPSA) is 81.9 Å². The van der Waals surface area contributed by atoms with Crippen LogP contribution in [0.1, 0.15) is 31.3 Å². The molecule has 3 heterocycles. The molecule has 0 aromatic carbocycles. The SMILES string of the molecule is Cc1cnn(C(C)C(C)NCc2nnc(-c3ccco3)o2)c1. The van der Waals surface area contributed by atoms with Crippen molar-refractivity contribution >= 4 is 0 Å². The average Bonchev–Trinajstić information content (AvgIpc) is 3.24. The fraction of sp³-hybridized carbons (Fsp3) is 0.400. The van der Waals surface area contributed by atoms with Crippen molar-refractivity contribution < 1.29 is 8.83 Å². The summed E-state index contributed by atoms with van der Waals surface area (Å²) in [5.74, 6) is 1.50. The predicted molar refractivity (Wildman–Crippen MR) is 80.0 cm³/mol. The van der Waals surface area contributed by atoms with Crippen LogP contribution in [0.3, 0.4) is 0 Å². The third kappa shape index (κ3) is 3.09. The Morgan fingerprint density at radius 1 is 1.32 bits per heavy atom. The molecule has 7 nitrogen and oxygen atoms in total. The van der Waals surface area contributed by atoms with Crippen LogP contribution in [0.25, 0.3) is 11.7 Å². The molecule has 2 atom stereocenters. The molecule has 0 saturated carbocycles. The van der Waals surface area contributed by atoms with Gasteiger partial charge in [0.05, 0.1) is 25.0 Å². The summed E-state index contributed by atoms with van der Waals surface area (Å²) in [5, 5.41) is 15.7. The largest absolute Gasteiger partial charge is 0.459 e. The highest BCUT2D eigenvalue weighted by Crippen LogP contribution is 2.18. The third-order valence-electron chi connectivity index (χ3n) is 3.65. The second kappa shape index (κ2) is 6.15. The molecular weight excluding hydrogens is 282 g/mol. The summed E-state index contributed by atoms with van der Waals surface area (Å²) in [5.41, 5.74) is 1.15. The van der Waals surface area contributed by atoms with Crippen molar-refractivity contribution in [2.45, 2.75) is 39.4 Å². The van der Waals surface area contributed by atoms with Gasteiger partial charge in [-0.25, -0.2) is 0 Å². The Hall–Kier alpha value is -2.41. The molecule has 1 N–H and O–H groups in total. The zero-order valence-electron chi connectivity index (χ0n) is 12.9. The van der Waals surface area contributed by atoms with Crippen LogP contribution in [0.5, 0.6) is 0 Å². The normalized spacial score (nSPS) is 14.1. The standard InChI is InChI=1S/C15H19N5O2/c1-10-7-17-20(9-10)12(3)11(2)16-8-14-18-19-15(22-14)13-5-4-6-21-13/h4-7,9,11-12,16H,8H2,1-3H3. The molecule has 0 amide bonds. The second-order valence-electron chi connectivity index (χ2n) is 5.39. The van der Waals surface area contributed by atoms with Crippen LogP contribution in [-0.4, -0.2) is 26.0 Å². The molecule has 3 aromatic rings. The second-order valence-corrected chi connectivity index (χ2v) is 5.39. The van der Waals surface area contributed by atoms with Gasteiger partial charge in [-0.2, -0.15) is 5.10 Å². The molecule has 0 aliphatic rings. The minimum atomic E-state index is 0.207. The minimum Gasteiger partial charge on any atom is -0.459 e. The first-order valence-electron chi connectivity index (χ1n) is 7.24. The lowest BCUT2D eigenvalue weighted by molar-refractivity contribution is 0.348. The van der Waals surface area contributed by atoms with E-state index < -0.39 is 0 Å². The zero-order valence-corrected chi connectivity index (χ0v) is 12.9. The van der Waals surface area contributed by atoms with Gasteiger partial charge in [-0.05, 0) is 38.5 Å². The van der Waals surface area contributed by atoms with Crippen LogP contribution in [-0.2, 0) is 6.54 Å². The number of rotatable bonds is 6. The summed E-state index contributed by atoms with van der Waals surface area (Å²) < 4.78 is 12.7. The van der Waals surface area contributed by atoms with E-state index in [1.165, 1.54) is 0 Å². The highest BCUT2D eigenvalue weighted by atomic mass is 16.4. The number of furan rings is 1. The maximum absolute atomic E-state index is 5.57. The minimum absolute atomic E-state index is 0.207. The molecule has 2 unspecified atom stereocenters. The van der Waals surface area contributed by atoms with Crippen molar-refractivity contribution in [3.63, 3.8) is 0 Å². The molecule has 0 radical (unpaired) electrons. The van der Waals surface area contributed by atoms with E-state index in [4.69, 9.17) is 8.83 Å². The fourth-order valence-electron chi connectivity index (χ4n) is 2.13. The van der Waals surface area contributed by atoms with E-state index in [0.717, 1.165) is 5.56 Å². The molecule has 0 aliphatic carbocycles. The summed E-state index contributed by atoms with van der Waals surface area (Å²) in [6.45, 7) is 6.75. The van der Waals surface area contributed by atoms with Gasteiger partial charge in [0.1, 0.15) is 0 Å². The lowest BCUT2D eigenvalue weighted by Gasteiger charge is -2.21. The molecule has 0 fully saturated rings. The lowest BCUT2D eigenvalue weighted by atomic mass is 10.2. The average molecular weight is 301 g/mol. The van der Waals surface area contributed by atoms with Gasteiger partial charge in [-0.15, -0.1) is 10.2 Å². The summed E-state index contributed by atoms with van der Waals surface area (Å²) in [4.78, 5) is 0. The monoisotopic (exact) mass is 301 g/mol. The Morgan fingerprint density at radius 3 is 2.86 bits per heavy atom. The number of aryl methyl sites for hydroxylation is 1.